The zero-order chi connectivity index (χ0) is 11.7. The van der Waals surface area contributed by atoms with Gasteiger partial charge in [0, 0.05) is 6.07 Å². The number of thioether (sulfide) groups is 1. The number of nitrogens with two attached hydrogens (primary N) is 1. The van der Waals surface area contributed by atoms with Gasteiger partial charge in [-0.2, -0.15) is 0 Å². The number of hydrogen-bond acceptors (Lipinski definition) is 4. The van der Waals surface area contributed by atoms with Crippen molar-refractivity contribution in [3.63, 3.8) is 0 Å². The highest BCUT2D eigenvalue weighted by molar-refractivity contribution is 7.99. The van der Waals surface area contributed by atoms with Crippen LogP contribution in [0.15, 0.2) is 21.8 Å². The molecule has 4 nitrogen and oxygen atoms in total. The summed E-state index contributed by atoms with van der Waals surface area (Å²) in [4.78, 5) is 15.2. The predicted octanol–water partition coefficient (Wildman–Crippen LogP) is 2.18. The molecule has 2 N–H and O–H groups in total. The molecule has 0 saturated heterocycles. The van der Waals surface area contributed by atoms with Gasteiger partial charge in [-0.1, -0.05) is 18.7 Å². The van der Waals surface area contributed by atoms with Crippen molar-refractivity contribution in [2.24, 2.45) is 5.73 Å². The number of rotatable bonds is 3. The smallest absolute Gasteiger partial charge is 0.256 e. The molecule has 2 aromatic rings. The van der Waals surface area contributed by atoms with E-state index in [-0.39, 0.29) is 11.1 Å². The van der Waals surface area contributed by atoms with Crippen molar-refractivity contribution in [2.45, 2.75) is 12.1 Å². The van der Waals surface area contributed by atoms with E-state index >= 15 is 0 Å². The molecule has 16 heavy (non-hydrogen) atoms. The van der Waals surface area contributed by atoms with Crippen molar-refractivity contribution in [3.05, 3.63) is 23.5 Å². The van der Waals surface area contributed by atoms with Crippen LogP contribution in [0.2, 0.25) is 0 Å². The molecule has 1 amide bonds. The lowest BCUT2D eigenvalue weighted by Gasteiger charge is -1.95. The molecule has 0 atom stereocenters. The van der Waals surface area contributed by atoms with E-state index < -0.39 is 11.7 Å². The summed E-state index contributed by atoms with van der Waals surface area (Å²) in [5.41, 5.74) is 5.70. The van der Waals surface area contributed by atoms with Gasteiger partial charge in [-0.3, -0.25) is 4.79 Å². The lowest BCUT2D eigenvalue weighted by Crippen LogP contribution is -2.11. The third-order valence-corrected chi connectivity index (χ3v) is 2.68. The van der Waals surface area contributed by atoms with Gasteiger partial charge in [0.15, 0.2) is 5.58 Å². The quantitative estimate of drug-likeness (QED) is 0.835. The Hall–Kier alpha value is -1.56. The summed E-state index contributed by atoms with van der Waals surface area (Å²) in [6, 6.07) is 2.27. The molecule has 0 fully saturated rings. The van der Waals surface area contributed by atoms with Gasteiger partial charge in [-0.25, -0.2) is 9.37 Å². The first-order chi connectivity index (χ1) is 7.61. The van der Waals surface area contributed by atoms with Crippen molar-refractivity contribution in [1.82, 2.24) is 4.98 Å². The number of fused-ring (bicyclic) bond motifs is 1. The van der Waals surface area contributed by atoms with E-state index in [2.05, 4.69) is 4.98 Å². The Bertz CT molecular complexity index is 553. The Kier molecular flexibility index (Phi) is 2.82. The number of hydrogen-bond donors (Lipinski definition) is 1. The molecule has 0 spiro atoms. The molecular weight excluding hydrogens is 231 g/mol. The van der Waals surface area contributed by atoms with Crippen molar-refractivity contribution in [1.29, 1.82) is 0 Å². The maximum Gasteiger partial charge on any atom is 0.256 e. The number of carbonyl (C=O) groups excluding carboxylic acids is 1. The van der Waals surface area contributed by atoms with Crippen LogP contribution in [0, 0.1) is 5.82 Å². The minimum Gasteiger partial charge on any atom is -0.430 e. The van der Waals surface area contributed by atoms with E-state index in [0.717, 1.165) is 11.8 Å². The SMILES string of the molecule is CCSc1nc2cc(F)cc(C(N)=O)c2o1. The molecule has 0 aliphatic carbocycles. The fourth-order valence-corrected chi connectivity index (χ4v) is 1.90. The molecular formula is C10H9FN2O2S. The third-order valence-electron chi connectivity index (χ3n) is 1.97. The summed E-state index contributed by atoms with van der Waals surface area (Å²) < 4.78 is 18.5. The second-order valence-electron chi connectivity index (χ2n) is 3.08. The monoisotopic (exact) mass is 240 g/mol. The lowest BCUT2D eigenvalue weighted by molar-refractivity contribution is 0.100. The van der Waals surface area contributed by atoms with Crippen LogP contribution in [0.25, 0.3) is 11.1 Å². The van der Waals surface area contributed by atoms with Gasteiger partial charge in [0.25, 0.3) is 11.1 Å². The van der Waals surface area contributed by atoms with Crippen LogP contribution in [0.3, 0.4) is 0 Å². The summed E-state index contributed by atoms with van der Waals surface area (Å²) in [6.45, 7) is 1.94. The topological polar surface area (TPSA) is 69.1 Å². The molecule has 1 heterocycles. The number of aromatic nitrogens is 1. The molecule has 0 bridgehead atoms. The Balaban J connectivity index is 2.65. The van der Waals surface area contributed by atoms with Gasteiger partial charge < -0.3 is 10.2 Å². The van der Waals surface area contributed by atoms with E-state index in [1.807, 2.05) is 6.92 Å². The standard InChI is InChI=1S/C10H9FN2O2S/c1-2-16-10-13-7-4-5(11)3-6(9(12)14)8(7)15-10/h3-4H,2H2,1H3,(H2,12,14). The summed E-state index contributed by atoms with van der Waals surface area (Å²) in [5, 5.41) is 0.408. The van der Waals surface area contributed by atoms with Crippen LogP contribution >= 0.6 is 11.8 Å². The molecule has 1 aromatic carbocycles. The summed E-state index contributed by atoms with van der Waals surface area (Å²) in [5.74, 6) is -0.502. The highest BCUT2D eigenvalue weighted by Crippen LogP contribution is 2.26. The fourth-order valence-electron chi connectivity index (χ4n) is 1.35. The Labute approximate surface area is 95.0 Å². The molecule has 2 rings (SSSR count). The summed E-state index contributed by atoms with van der Waals surface area (Å²) >= 11 is 1.37. The maximum absolute atomic E-state index is 13.2. The van der Waals surface area contributed by atoms with E-state index in [1.165, 1.54) is 17.8 Å². The van der Waals surface area contributed by atoms with Gasteiger partial charge >= 0.3 is 0 Å². The average molecular weight is 240 g/mol. The number of amides is 1. The number of benzene rings is 1. The van der Waals surface area contributed by atoms with Crippen molar-refractivity contribution < 1.29 is 13.6 Å². The molecule has 6 heteroatoms. The first kappa shape index (κ1) is 10.9. The minimum atomic E-state index is -0.728. The molecule has 0 radical (unpaired) electrons. The second-order valence-corrected chi connectivity index (χ2v) is 4.29. The molecule has 0 aliphatic rings. The fraction of sp³-hybridized carbons (Fsp3) is 0.200. The molecule has 0 saturated carbocycles. The predicted molar refractivity (Wildman–Crippen MR) is 58.9 cm³/mol. The number of carbonyl (C=O) groups is 1. The van der Waals surface area contributed by atoms with E-state index in [0.29, 0.717) is 10.7 Å². The number of oxazole rings is 1. The van der Waals surface area contributed by atoms with Gasteiger partial charge in [0.1, 0.15) is 11.3 Å². The Morgan fingerprint density at radius 3 is 3.00 bits per heavy atom. The van der Waals surface area contributed by atoms with Crippen LogP contribution in [0.5, 0.6) is 0 Å². The Morgan fingerprint density at radius 2 is 2.38 bits per heavy atom. The average Bonchev–Trinajstić information content (AvgIpc) is 2.59. The highest BCUT2D eigenvalue weighted by Gasteiger charge is 2.15. The first-order valence-corrected chi connectivity index (χ1v) is 5.63. The first-order valence-electron chi connectivity index (χ1n) is 4.64. The zero-order valence-electron chi connectivity index (χ0n) is 8.49. The second kappa shape index (κ2) is 4.13. The summed E-state index contributed by atoms with van der Waals surface area (Å²) in [7, 11) is 0. The van der Waals surface area contributed by atoms with Crippen LogP contribution in [0.4, 0.5) is 4.39 Å². The summed E-state index contributed by atoms with van der Waals surface area (Å²) in [6.07, 6.45) is 0. The van der Waals surface area contributed by atoms with Crippen LogP contribution in [-0.4, -0.2) is 16.6 Å². The van der Waals surface area contributed by atoms with Crippen LogP contribution in [0.1, 0.15) is 17.3 Å². The van der Waals surface area contributed by atoms with Crippen molar-refractivity contribution in [2.75, 3.05) is 5.75 Å². The molecule has 1 aromatic heterocycles. The third kappa shape index (κ3) is 1.88. The van der Waals surface area contributed by atoms with Crippen LogP contribution < -0.4 is 5.73 Å². The van der Waals surface area contributed by atoms with Gasteiger partial charge in [-0.15, -0.1) is 0 Å². The van der Waals surface area contributed by atoms with E-state index in [4.69, 9.17) is 10.2 Å². The maximum atomic E-state index is 13.2. The van der Waals surface area contributed by atoms with Crippen molar-refractivity contribution in [3.8, 4) is 0 Å². The number of halogens is 1. The molecule has 0 unspecified atom stereocenters. The van der Waals surface area contributed by atoms with E-state index in [9.17, 15) is 9.18 Å². The minimum absolute atomic E-state index is 0.0189. The molecule has 84 valence electrons. The largest absolute Gasteiger partial charge is 0.430 e. The van der Waals surface area contributed by atoms with Crippen molar-refractivity contribution >= 4 is 28.8 Å². The lowest BCUT2D eigenvalue weighted by atomic mass is 10.2. The van der Waals surface area contributed by atoms with Crippen LogP contribution in [-0.2, 0) is 0 Å². The molecule has 0 aliphatic heterocycles. The van der Waals surface area contributed by atoms with Gasteiger partial charge in [0.2, 0.25) is 0 Å². The normalized spacial score (nSPS) is 10.9. The Morgan fingerprint density at radius 1 is 1.62 bits per heavy atom. The number of primary amides is 1. The van der Waals surface area contributed by atoms with Gasteiger partial charge in [0.05, 0.1) is 5.56 Å². The highest BCUT2D eigenvalue weighted by atomic mass is 32.2. The number of nitrogens with zero attached hydrogens (tertiary/aromatic N) is 1. The van der Waals surface area contributed by atoms with Gasteiger partial charge in [-0.05, 0) is 11.8 Å². The van der Waals surface area contributed by atoms with E-state index in [1.54, 1.807) is 0 Å². The zero-order valence-corrected chi connectivity index (χ0v) is 9.31.